The molecule has 176 valence electrons. The van der Waals surface area contributed by atoms with Gasteiger partial charge in [-0.3, -0.25) is 9.59 Å². The van der Waals surface area contributed by atoms with E-state index < -0.39 is 24.1 Å². The van der Waals surface area contributed by atoms with E-state index in [1.54, 1.807) is 12.2 Å². The van der Waals surface area contributed by atoms with Crippen LogP contribution in [0, 0.1) is 0 Å². The van der Waals surface area contributed by atoms with Gasteiger partial charge in [0, 0.05) is 13.3 Å². The number of carbonyl (C=O) groups excluding carboxylic acids is 2. The molecular formula is C25H40O6. The first-order valence-electron chi connectivity index (χ1n) is 11.2. The van der Waals surface area contributed by atoms with Crippen molar-refractivity contribution in [1.29, 1.82) is 0 Å². The van der Waals surface area contributed by atoms with Gasteiger partial charge in [-0.05, 0) is 38.5 Å². The molecule has 0 saturated carbocycles. The lowest BCUT2D eigenvalue weighted by molar-refractivity contribution is -0.151. The van der Waals surface area contributed by atoms with Crippen molar-refractivity contribution in [3.05, 3.63) is 48.6 Å². The summed E-state index contributed by atoms with van der Waals surface area (Å²) < 4.78 is 9.54. The largest absolute Gasteiger partial charge is 0.463 e. The van der Waals surface area contributed by atoms with E-state index in [0.717, 1.165) is 12.8 Å². The monoisotopic (exact) mass is 436 g/mol. The van der Waals surface area contributed by atoms with Crippen molar-refractivity contribution in [3.63, 3.8) is 0 Å². The molecule has 0 fully saturated rings. The zero-order chi connectivity index (χ0) is 23.2. The van der Waals surface area contributed by atoms with E-state index in [2.05, 4.69) is 29.9 Å². The number of unbranched alkanes of at least 4 members (excludes halogenated alkanes) is 4. The zero-order valence-electron chi connectivity index (χ0n) is 19.1. The van der Waals surface area contributed by atoms with Crippen molar-refractivity contribution in [2.45, 2.75) is 83.8 Å². The highest BCUT2D eigenvalue weighted by Crippen LogP contribution is 2.03. The molecule has 31 heavy (non-hydrogen) atoms. The van der Waals surface area contributed by atoms with Crippen LogP contribution in [0.1, 0.15) is 71.6 Å². The molecule has 0 aliphatic carbocycles. The van der Waals surface area contributed by atoms with Crippen LogP contribution in [0.2, 0.25) is 0 Å². The summed E-state index contributed by atoms with van der Waals surface area (Å²) in [5.74, 6) is -0.889. The van der Waals surface area contributed by atoms with Gasteiger partial charge in [-0.2, -0.15) is 0 Å². The summed E-state index contributed by atoms with van der Waals surface area (Å²) in [5.41, 5.74) is 0. The zero-order valence-corrected chi connectivity index (χ0v) is 19.1. The van der Waals surface area contributed by atoms with Crippen LogP contribution in [0.4, 0.5) is 0 Å². The summed E-state index contributed by atoms with van der Waals surface area (Å²) in [7, 11) is 0. The predicted molar refractivity (Wildman–Crippen MR) is 123 cm³/mol. The SMILES string of the molecule is CCCCC/C=C\C/C=C\CC(O)/C=C\C=C\CCCC(=O)OC[C@H](O)COC(C)=O. The van der Waals surface area contributed by atoms with Crippen LogP contribution in [0.25, 0.3) is 0 Å². The highest BCUT2D eigenvalue weighted by Gasteiger charge is 2.09. The molecule has 0 aliphatic rings. The van der Waals surface area contributed by atoms with Crippen molar-refractivity contribution in [2.75, 3.05) is 13.2 Å². The van der Waals surface area contributed by atoms with Gasteiger partial charge in [0.2, 0.25) is 0 Å². The maximum atomic E-state index is 11.6. The number of aliphatic hydroxyl groups is 2. The summed E-state index contributed by atoms with van der Waals surface area (Å²) in [6, 6.07) is 0. The van der Waals surface area contributed by atoms with Gasteiger partial charge in [-0.25, -0.2) is 0 Å². The molecule has 0 aromatic carbocycles. The third-order valence-electron chi connectivity index (χ3n) is 4.21. The van der Waals surface area contributed by atoms with Crippen LogP contribution in [-0.4, -0.2) is 47.6 Å². The number of rotatable bonds is 18. The lowest BCUT2D eigenvalue weighted by Crippen LogP contribution is -2.24. The van der Waals surface area contributed by atoms with Gasteiger partial charge < -0.3 is 19.7 Å². The van der Waals surface area contributed by atoms with Crippen molar-refractivity contribution < 1.29 is 29.3 Å². The number of hydrogen-bond acceptors (Lipinski definition) is 6. The first-order chi connectivity index (χ1) is 15.0. The van der Waals surface area contributed by atoms with Crippen molar-refractivity contribution in [2.24, 2.45) is 0 Å². The van der Waals surface area contributed by atoms with Crippen LogP contribution < -0.4 is 0 Å². The number of ether oxygens (including phenoxy) is 2. The van der Waals surface area contributed by atoms with Gasteiger partial charge >= 0.3 is 11.9 Å². The van der Waals surface area contributed by atoms with Gasteiger partial charge in [0.25, 0.3) is 0 Å². The summed E-state index contributed by atoms with van der Waals surface area (Å²) in [6.07, 6.45) is 22.2. The minimum Gasteiger partial charge on any atom is -0.463 e. The van der Waals surface area contributed by atoms with E-state index in [4.69, 9.17) is 4.74 Å². The summed E-state index contributed by atoms with van der Waals surface area (Å²) in [6.45, 7) is 3.07. The molecule has 0 aliphatic heterocycles. The highest BCUT2D eigenvalue weighted by molar-refractivity contribution is 5.69. The van der Waals surface area contributed by atoms with E-state index in [1.807, 2.05) is 18.2 Å². The summed E-state index contributed by atoms with van der Waals surface area (Å²) >= 11 is 0. The van der Waals surface area contributed by atoms with Gasteiger partial charge in [0.1, 0.15) is 19.3 Å². The van der Waals surface area contributed by atoms with E-state index in [-0.39, 0.29) is 19.6 Å². The second-order valence-electron chi connectivity index (χ2n) is 7.32. The molecule has 0 aromatic heterocycles. The molecule has 0 saturated heterocycles. The second kappa shape index (κ2) is 21.1. The van der Waals surface area contributed by atoms with Gasteiger partial charge in [-0.1, -0.05) is 68.4 Å². The Morgan fingerprint density at radius 3 is 2.32 bits per heavy atom. The molecule has 0 heterocycles. The molecule has 0 rings (SSSR count). The molecule has 0 aromatic rings. The maximum absolute atomic E-state index is 11.6. The highest BCUT2D eigenvalue weighted by atomic mass is 16.6. The Bertz CT molecular complexity index is 577. The van der Waals surface area contributed by atoms with E-state index >= 15 is 0 Å². The van der Waals surface area contributed by atoms with Crippen molar-refractivity contribution in [1.82, 2.24) is 0 Å². The smallest absolute Gasteiger partial charge is 0.305 e. The first-order valence-corrected chi connectivity index (χ1v) is 11.2. The minimum atomic E-state index is -1.01. The molecule has 0 amide bonds. The third kappa shape index (κ3) is 22.3. The Morgan fingerprint density at radius 2 is 1.58 bits per heavy atom. The fourth-order valence-electron chi connectivity index (χ4n) is 2.47. The third-order valence-corrected chi connectivity index (χ3v) is 4.21. The first kappa shape index (κ1) is 28.8. The van der Waals surface area contributed by atoms with Crippen LogP contribution >= 0.6 is 0 Å². The number of esters is 2. The molecule has 6 nitrogen and oxygen atoms in total. The van der Waals surface area contributed by atoms with Crippen LogP contribution in [0.15, 0.2) is 48.6 Å². The molecular weight excluding hydrogens is 396 g/mol. The molecule has 0 radical (unpaired) electrons. The molecule has 2 N–H and O–H groups in total. The number of hydrogen-bond donors (Lipinski definition) is 2. The van der Waals surface area contributed by atoms with Crippen LogP contribution in [0.5, 0.6) is 0 Å². The van der Waals surface area contributed by atoms with Gasteiger partial charge in [-0.15, -0.1) is 0 Å². The fourth-order valence-corrected chi connectivity index (χ4v) is 2.47. The van der Waals surface area contributed by atoms with Crippen molar-refractivity contribution in [3.8, 4) is 0 Å². The molecule has 1 unspecified atom stereocenters. The van der Waals surface area contributed by atoms with E-state index in [0.29, 0.717) is 19.3 Å². The number of allylic oxidation sites excluding steroid dienone is 6. The van der Waals surface area contributed by atoms with Crippen LogP contribution in [0.3, 0.4) is 0 Å². The predicted octanol–water partition coefficient (Wildman–Crippen LogP) is 4.57. The normalized spacial score (nSPS) is 14.1. The van der Waals surface area contributed by atoms with Gasteiger partial charge in [0.15, 0.2) is 0 Å². The Balaban J connectivity index is 3.73. The molecule has 0 spiro atoms. The standard InChI is InChI=1S/C25H40O6/c1-3-4-5-6-7-8-9-11-14-17-23(27)18-15-12-10-13-16-19-25(29)31-21-24(28)20-30-22(2)26/h7-8,10-12,14-15,18,23-24,27-28H,3-6,9,13,16-17,19-21H2,1-2H3/b8-7-,12-10+,14-11-,18-15-/t23?,24-/m1/s1. The quantitative estimate of drug-likeness (QED) is 0.141. The van der Waals surface area contributed by atoms with Gasteiger partial charge in [0.05, 0.1) is 6.10 Å². The summed E-state index contributed by atoms with van der Waals surface area (Å²) in [4.78, 5) is 22.2. The molecule has 2 atom stereocenters. The Labute approximate surface area is 187 Å². The number of carbonyl (C=O) groups is 2. The average Bonchev–Trinajstić information content (AvgIpc) is 2.74. The topological polar surface area (TPSA) is 93.1 Å². The lowest BCUT2D eigenvalue weighted by Gasteiger charge is -2.10. The Hall–Kier alpha value is -2.18. The van der Waals surface area contributed by atoms with Crippen LogP contribution in [-0.2, 0) is 19.1 Å². The Morgan fingerprint density at radius 1 is 0.871 bits per heavy atom. The second-order valence-corrected chi connectivity index (χ2v) is 7.32. The number of aliphatic hydroxyl groups excluding tert-OH is 2. The minimum absolute atomic E-state index is 0.185. The average molecular weight is 437 g/mol. The van der Waals surface area contributed by atoms with E-state index in [1.165, 1.54) is 26.2 Å². The lowest BCUT2D eigenvalue weighted by atomic mass is 10.2. The maximum Gasteiger partial charge on any atom is 0.305 e. The van der Waals surface area contributed by atoms with Crippen molar-refractivity contribution >= 4 is 11.9 Å². The molecule has 6 heteroatoms. The Kier molecular flexibility index (Phi) is 19.6. The molecule has 0 bridgehead atoms. The van der Waals surface area contributed by atoms with E-state index in [9.17, 15) is 19.8 Å². The summed E-state index contributed by atoms with van der Waals surface area (Å²) in [5, 5.41) is 19.4. The fraction of sp³-hybridized carbons (Fsp3) is 0.600.